The summed E-state index contributed by atoms with van der Waals surface area (Å²) in [6.45, 7) is 9.38. The van der Waals surface area contributed by atoms with E-state index in [0.717, 1.165) is 29.8 Å². The minimum absolute atomic E-state index is 0.0439. The second-order valence-electron chi connectivity index (χ2n) is 6.75. The van der Waals surface area contributed by atoms with Crippen molar-refractivity contribution in [1.82, 2.24) is 9.55 Å². The molecule has 1 heterocycles. The van der Waals surface area contributed by atoms with Crippen molar-refractivity contribution in [1.29, 1.82) is 0 Å². The lowest BCUT2D eigenvalue weighted by Gasteiger charge is -2.12. The molecule has 0 fully saturated rings. The number of aliphatic hydroxyl groups is 1. The van der Waals surface area contributed by atoms with Gasteiger partial charge < -0.3 is 9.67 Å². The SMILES string of the molecule is CCC(C)c1ccc(Cn2c(CO)nc3cc(C)c(C)cc32)cc1. The third-order valence-electron chi connectivity index (χ3n) is 5.09. The lowest BCUT2D eigenvalue weighted by atomic mass is 9.97. The van der Waals surface area contributed by atoms with E-state index < -0.39 is 0 Å². The number of rotatable bonds is 5. The molecule has 0 aliphatic carbocycles. The first-order valence-electron chi connectivity index (χ1n) is 8.69. The summed E-state index contributed by atoms with van der Waals surface area (Å²) in [4.78, 5) is 4.60. The molecule has 0 bridgehead atoms. The van der Waals surface area contributed by atoms with E-state index in [1.807, 2.05) is 0 Å². The van der Waals surface area contributed by atoms with Gasteiger partial charge in [0.25, 0.3) is 0 Å². The second kappa shape index (κ2) is 6.78. The van der Waals surface area contributed by atoms with Crippen molar-refractivity contribution in [3.63, 3.8) is 0 Å². The Hall–Kier alpha value is -2.13. The van der Waals surface area contributed by atoms with Crippen LogP contribution in [0.2, 0.25) is 0 Å². The zero-order valence-corrected chi connectivity index (χ0v) is 15.0. The summed E-state index contributed by atoms with van der Waals surface area (Å²) in [5.41, 5.74) is 7.14. The number of benzene rings is 2. The third kappa shape index (κ3) is 3.09. The predicted octanol–water partition coefficient (Wildman–Crippen LogP) is 4.71. The minimum Gasteiger partial charge on any atom is -0.388 e. The van der Waals surface area contributed by atoms with Crippen LogP contribution >= 0.6 is 0 Å². The molecule has 0 saturated carbocycles. The monoisotopic (exact) mass is 322 g/mol. The fourth-order valence-electron chi connectivity index (χ4n) is 3.10. The van der Waals surface area contributed by atoms with Crippen LogP contribution < -0.4 is 0 Å². The van der Waals surface area contributed by atoms with E-state index in [-0.39, 0.29) is 6.61 Å². The molecule has 0 aliphatic heterocycles. The van der Waals surface area contributed by atoms with Gasteiger partial charge in [0, 0.05) is 6.54 Å². The molecule has 1 unspecified atom stereocenters. The lowest BCUT2D eigenvalue weighted by molar-refractivity contribution is 0.267. The van der Waals surface area contributed by atoms with Gasteiger partial charge in [0.2, 0.25) is 0 Å². The van der Waals surface area contributed by atoms with Crippen molar-refractivity contribution in [3.05, 3.63) is 64.5 Å². The number of hydrogen-bond acceptors (Lipinski definition) is 2. The molecule has 0 aliphatic rings. The molecule has 3 aromatic rings. The largest absolute Gasteiger partial charge is 0.388 e. The van der Waals surface area contributed by atoms with E-state index in [0.29, 0.717) is 5.92 Å². The molecule has 1 N–H and O–H groups in total. The number of fused-ring (bicyclic) bond motifs is 1. The zero-order valence-electron chi connectivity index (χ0n) is 15.0. The molecule has 3 rings (SSSR count). The first-order valence-corrected chi connectivity index (χ1v) is 8.69. The Morgan fingerprint density at radius 3 is 2.38 bits per heavy atom. The maximum absolute atomic E-state index is 9.70. The molecule has 24 heavy (non-hydrogen) atoms. The molecule has 126 valence electrons. The maximum atomic E-state index is 9.70. The van der Waals surface area contributed by atoms with Crippen LogP contribution in [0.1, 0.15) is 54.3 Å². The first-order chi connectivity index (χ1) is 11.5. The van der Waals surface area contributed by atoms with Gasteiger partial charge in [-0.15, -0.1) is 0 Å². The summed E-state index contributed by atoms with van der Waals surface area (Å²) < 4.78 is 2.13. The van der Waals surface area contributed by atoms with Crippen molar-refractivity contribution in [3.8, 4) is 0 Å². The summed E-state index contributed by atoms with van der Waals surface area (Å²) in [7, 11) is 0. The van der Waals surface area contributed by atoms with Crippen molar-refractivity contribution in [2.24, 2.45) is 0 Å². The van der Waals surface area contributed by atoms with Crippen molar-refractivity contribution in [2.75, 3.05) is 0 Å². The third-order valence-corrected chi connectivity index (χ3v) is 5.09. The van der Waals surface area contributed by atoms with Crippen LogP contribution in [0.4, 0.5) is 0 Å². The highest BCUT2D eigenvalue weighted by Gasteiger charge is 2.12. The predicted molar refractivity (Wildman–Crippen MR) is 99.4 cm³/mol. The number of aryl methyl sites for hydroxylation is 2. The highest BCUT2D eigenvalue weighted by Crippen LogP contribution is 2.23. The lowest BCUT2D eigenvalue weighted by Crippen LogP contribution is -2.05. The molecule has 3 nitrogen and oxygen atoms in total. The number of nitrogens with zero attached hydrogens (tertiary/aromatic N) is 2. The Morgan fingerprint density at radius 1 is 1.08 bits per heavy atom. The molecule has 0 spiro atoms. The normalized spacial score (nSPS) is 12.7. The topological polar surface area (TPSA) is 38.0 Å². The fraction of sp³-hybridized carbons (Fsp3) is 0.381. The van der Waals surface area contributed by atoms with E-state index >= 15 is 0 Å². The Bertz CT molecular complexity index is 846. The number of imidazole rings is 1. The highest BCUT2D eigenvalue weighted by molar-refractivity contribution is 5.78. The standard InChI is InChI=1S/C21H26N2O/c1-5-14(2)18-8-6-17(7-9-18)12-23-20-11-16(4)15(3)10-19(20)22-21(23)13-24/h6-11,14,24H,5,12-13H2,1-4H3. The summed E-state index contributed by atoms with van der Waals surface area (Å²) >= 11 is 0. The van der Waals surface area contributed by atoms with Gasteiger partial charge in [-0.05, 0) is 60.6 Å². The Kier molecular flexibility index (Phi) is 4.72. The quantitative estimate of drug-likeness (QED) is 0.739. The van der Waals surface area contributed by atoms with Crippen LogP contribution in [0.25, 0.3) is 11.0 Å². The van der Waals surface area contributed by atoms with Gasteiger partial charge in [0.05, 0.1) is 11.0 Å². The van der Waals surface area contributed by atoms with E-state index in [4.69, 9.17) is 0 Å². The second-order valence-corrected chi connectivity index (χ2v) is 6.75. The molecule has 0 amide bonds. The molecule has 1 aromatic heterocycles. The van der Waals surface area contributed by atoms with Crippen LogP contribution in [-0.4, -0.2) is 14.7 Å². The number of aromatic nitrogens is 2. The Labute approximate surface area is 144 Å². The highest BCUT2D eigenvalue weighted by atomic mass is 16.3. The van der Waals surface area contributed by atoms with Crippen LogP contribution in [0.15, 0.2) is 36.4 Å². The van der Waals surface area contributed by atoms with Crippen molar-refractivity contribution in [2.45, 2.75) is 53.2 Å². The summed E-state index contributed by atoms with van der Waals surface area (Å²) in [5, 5.41) is 9.70. The number of hydrogen-bond donors (Lipinski definition) is 1. The summed E-state index contributed by atoms with van der Waals surface area (Å²) in [6, 6.07) is 13.1. The van der Waals surface area contributed by atoms with E-state index in [1.54, 1.807) is 0 Å². The fourth-order valence-corrected chi connectivity index (χ4v) is 3.10. The molecular weight excluding hydrogens is 296 g/mol. The van der Waals surface area contributed by atoms with Gasteiger partial charge in [0.15, 0.2) is 0 Å². The summed E-state index contributed by atoms with van der Waals surface area (Å²) in [5.74, 6) is 1.31. The molecule has 2 aromatic carbocycles. The maximum Gasteiger partial charge on any atom is 0.136 e. The van der Waals surface area contributed by atoms with Crippen LogP contribution in [-0.2, 0) is 13.2 Å². The van der Waals surface area contributed by atoms with Crippen LogP contribution in [0, 0.1) is 13.8 Å². The van der Waals surface area contributed by atoms with Gasteiger partial charge in [-0.2, -0.15) is 0 Å². The van der Waals surface area contributed by atoms with Gasteiger partial charge in [-0.25, -0.2) is 4.98 Å². The average molecular weight is 322 g/mol. The molecule has 0 saturated heterocycles. The first kappa shape index (κ1) is 16.7. The van der Waals surface area contributed by atoms with Gasteiger partial charge in [0.1, 0.15) is 12.4 Å². The van der Waals surface area contributed by atoms with E-state index in [9.17, 15) is 5.11 Å². The Morgan fingerprint density at radius 2 is 1.75 bits per heavy atom. The molecular formula is C21H26N2O. The van der Waals surface area contributed by atoms with Crippen LogP contribution in [0.5, 0.6) is 0 Å². The smallest absolute Gasteiger partial charge is 0.136 e. The average Bonchev–Trinajstić information content (AvgIpc) is 2.92. The van der Waals surface area contributed by atoms with E-state index in [2.05, 4.69) is 73.6 Å². The summed E-state index contributed by atoms with van der Waals surface area (Å²) in [6.07, 6.45) is 1.15. The molecule has 3 heteroatoms. The van der Waals surface area contributed by atoms with E-state index in [1.165, 1.54) is 22.3 Å². The molecule has 1 atom stereocenters. The van der Waals surface area contributed by atoms with Crippen molar-refractivity contribution < 1.29 is 5.11 Å². The molecule has 0 radical (unpaired) electrons. The number of aliphatic hydroxyl groups excluding tert-OH is 1. The zero-order chi connectivity index (χ0) is 17.3. The van der Waals surface area contributed by atoms with Gasteiger partial charge >= 0.3 is 0 Å². The van der Waals surface area contributed by atoms with Crippen molar-refractivity contribution >= 4 is 11.0 Å². The van der Waals surface area contributed by atoms with Crippen LogP contribution in [0.3, 0.4) is 0 Å². The minimum atomic E-state index is -0.0439. The van der Waals surface area contributed by atoms with Gasteiger partial charge in [-0.3, -0.25) is 0 Å². The Balaban J connectivity index is 1.98. The van der Waals surface area contributed by atoms with Gasteiger partial charge in [-0.1, -0.05) is 38.1 Å².